The Bertz CT molecular complexity index is 345. The molecule has 0 aliphatic carbocycles. The molecule has 0 saturated heterocycles. The Kier molecular flexibility index (Phi) is 5.00. The second-order valence-corrected chi connectivity index (χ2v) is 5.25. The van der Waals surface area contributed by atoms with Gasteiger partial charge in [-0.05, 0) is 44.0 Å². The summed E-state index contributed by atoms with van der Waals surface area (Å²) in [7, 11) is 0. The fourth-order valence-electron chi connectivity index (χ4n) is 0.971. The van der Waals surface area contributed by atoms with Gasteiger partial charge in [-0.3, -0.25) is 0 Å². The van der Waals surface area contributed by atoms with Crippen molar-refractivity contribution in [1.29, 1.82) is 0 Å². The van der Waals surface area contributed by atoms with Gasteiger partial charge >= 0.3 is 0 Å². The van der Waals surface area contributed by atoms with Crippen LogP contribution in [-0.4, -0.2) is 6.54 Å². The van der Waals surface area contributed by atoms with Crippen LogP contribution in [0.3, 0.4) is 0 Å². The van der Waals surface area contributed by atoms with E-state index in [0.29, 0.717) is 0 Å². The average molecular weight is 382 g/mol. The SMILES string of the molecule is C#CCCNc1c(Br)cc(Br)cc1Br. The van der Waals surface area contributed by atoms with E-state index < -0.39 is 0 Å². The molecule has 1 nitrogen and oxygen atoms in total. The maximum Gasteiger partial charge on any atom is 0.0630 e. The Morgan fingerprint density at radius 1 is 1.21 bits per heavy atom. The molecule has 0 aliphatic rings. The molecule has 0 amide bonds. The first-order chi connectivity index (χ1) is 6.65. The molecule has 0 aromatic heterocycles. The second-order valence-electron chi connectivity index (χ2n) is 2.63. The van der Waals surface area contributed by atoms with Crippen LogP contribution in [0.4, 0.5) is 5.69 Å². The molecule has 0 unspecified atom stereocenters. The van der Waals surface area contributed by atoms with Crippen molar-refractivity contribution in [3.8, 4) is 12.3 Å². The van der Waals surface area contributed by atoms with Crippen LogP contribution in [0.2, 0.25) is 0 Å². The van der Waals surface area contributed by atoms with Gasteiger partial charge in [0.1, 0.15) is 0 Å². The van der Waals surface area contributed by atoms with Crippen molar-refractivity contribution in [3.63, 3.8) is 0 Å². The van der Waals surface area contributed by atoms with E-state index >= 15 is 0 Å². The minimum absolute atomic E-state index is 0.717. The molecule has 0 saturated carbocycles. The molecule has 1 aromatic rings. The highest BCUT2D eigenvalue weighted by atomic mass is 79.9. The molecule has 1 N–H and O–H groups in total. The van der Waals surface area contributed by atoms with Crippen molar-refractivity contribution in [2.75, 3.05) is 11.9 Å². The topological polar surface area (TPSA) is 12.0 Å². The third kappa shape index (κ3) is 3.30. The fourth-order valence-corrected chi connectivity index (χ4v) is 3.51. The summed E-state index contributed by atoms with van der Waals surface area (Å²) in [4.78, 5) is 0. The second kappa shape index (κ2) is 5.79. The highest BCUT2D eigenvalue weighted by molar-refractivity contribution is 9.11. The zero-order valence-electron chi connectivity index (χ0n) is 7.28. The molecule has 1 rings (SSSR count). The van der Waals surface area contributed by atoms with Gasteiger partial charge in [0.05, 0.1) is 5.69 Å². The van der Waals surface area contributed by atoms with Crippen LogP contribution in [-0.2, 0) is 0 Å². The highest BCUT2D eigenvalue weighted by Gasteiger charge is 2.05. The molecule has 4 heteroatoms. The largest absolute Gasteiger partial charge is 0.382 e. The van der Waals surface area contributed by atoms with Gasteiger partial charge < -0.3 is 5.32 Å². The fraction of sp³-hybridized carbons (Fsp3) is 0.200. The monoisotopic (exact) mass is 379 g/mol. The normalized spacial score (nSPS) is 9.57. The molecule has 0 heterocycles. The molecule has 0 atom stereocenters. The van der Waals surface area contributed by atoms with E-state index in [-0.39, 0.29) is 0 Å². The van der Waals surface area contributed by atoms with Crippen LogP contribution in [0.15, 0.2) is 25.6 Å². The predicted molar refractivity (Wildman–Crippen MR) is 71.5 cm³/mol. The van der Waals surface area contributed by atoms with Crippen LogP contribution in [0, 0.1) is 12.3 Å². The Morgan fingerprint density at radius 3 is 2.29 bits per heavy atom. The van der Waals surface area contributed by atoms with Crippen molar-refractivity contribution < 1.29 is 0 Å². The Morgan fingerprint density at radius 2 is 1.79 bits per heavy atom. The number of terminal acetylenes is 1. The van der Waals surface area contributed by atoms with Crippen molar-refractivity contribution in [2.45, 2.75) is 6.42 Å². The zero-order valence-corrected chi connectivity index (χ0v) is 12.0. The van der Waals surface area contributed by atoms with E-state index in [2.05, 4.69) is 59.0 Å². The first-order valence-electron chi connectivity index (χ1n) is 3.97. The van der Waals surface area contributed by atoms with Crippen molar-refractivity contribution >= 4 is 53.5 Å². The van der Waals surface area contributed by atoms with E-state index in [1.54, 1.807) is 0 Å². The summed E-state index contributed by atoms with van der Waals surface area (Å²) in [5.74, 6) is 2.59. The average Bonchev–Trinajstić information content (AvgIpc) is 2.09. The van der Waals surface area contributed by atoms with E-state index in [4.69, 9.17) is 6.42 Å². The number of benzene rings is 1. The Balaban J connectivity index is 2.81. The van der Waals surface area contributed by atoms with Crippen LogP contribution in [0.25, 0.3) is 0 Å². The summed E-state index contributed by atoms with van der Waals surface area (Å²) in [6.07, 6.45) is 5.89. The van der Waals surface area contributed by atoms with Crippen molar-refractivity contribution in [3.05, 3.63) is 25.6 Å². The predicted octanol–water partition coefficient (Wildman–Crippen LogP) is 4.41. The van der Waals surface area contributed by atoms with Crippen LogP contribution in [0.1, 0.15) is 6.42 Å². The number of halogens is 3. The summed E-state index contributed by atoms with van der Waals surface area (Å²) in [5.41, 5.74) is 1.03. The quantitative estimate of drug-likeness (QED) is 0.604. The number of anilines is 1. The summed E-state index contributed by atoms with van der Waals surface area (Å²) < 4.78 is 3.05. The van der Waals surface area contributed by atoms with Gasteiger partial charge in [0.2, 0.25) is 0 Å². The van der Waals surface area contributed by atoms with Gasteiger partial charge in [-0.1, -0.05) is 15.9 Å². The van der Waals surface area contributed by atoms with Gasteiger partial charge in [-0.25, -0.2) is 0 Å². The van der Waals surface area contributed by atoms with Crippen LogP contribution >= 0.6 is 47.8 Å². The van der Waals surface area contributed by atoms with E-state index in [1.165, 1.54) is 0 Å². The van der Waals surface area contributed by atoms with Gasteiger partial charge in [0, 0.05) is 26.4 Å². The van der Waals surface area contributed by atoms with Gasteiger partial charge in [-0.15, -0.1) is 12.3 Å². The maximum absolute atomic E-state index is 5.17. The molecular weight excluding hydrogens is 374 g/mol. The maximum atomic E-state index is 5.17. The van der Waals surface area contributed by atoms with E-state index in [0.717, 1.165) is 32.1 Å². The van der Waals surface area contributed by atoms with E-state index in [1.807, 2.05) is 12.1 Å². The standard InChI is InChI=1S/C10H8Br3N/c1-2-3-4-14-10-8(12)5-7(11)6-9(10)13/h1,5-6,14H,3-4H2. The lowest BCUT2D eigenvalue weighted by atomic mass is 10.3. The zero-order chi connectivity index (χ0) is 10.6. The molecular formula is C10H8Br3N. The first-order valence-corrected chi connectivity index (χ1v) is 6.35. The lowest BCUT2D eigenvalue weighted by molar-refractivity contribution is 1.09. The molecule has 0 spiro atoms. The van der Waals surface area contributed by atoms with E-state index in [9.17, 15) is 0 Å². The molecule has 1 aromatic carbocycles. The lowest BCUT2D eigenvalue weighted by Gasteiger charge is -2.09. The Labute approximate surface area is 109 Å². The van der Waals surface area contributed by atoms with Gasteiger partial charge in [0.25, 0.3) is 0 Å². The number of nitrogens with one attached hydrogen (secondary N) is 1. The Hall–Kier alpha value is 0.0200. The smallest absolute Gasteiger partial charge is 0.0630 e. The van der Waals surface area contributed by atoms with Crippen molar-refractivity contribution in [1.82, 2.24) is 0 Å². The first kappa shape index (κ1) is 12.1. The van der Waals surface area contributed by atoms with Crippen molar-refractivity contribution in [2.24, 2.45) is 0 Å². The molecule has 14 heavy (non-hydrogen) atoms. The lowest BCUT2D eigenvalue weighted by Crippen LogP contribution is -2.01. The summed E-state index contributed by atoms with van der Waals surface area (Å²) in [6, 6.07) is 3.98. The van der Waals surface area contributed by atoms with Crippen LogP contribution < -0.4 is 5.32 Å². The molecule has 0 radical (unpaired) electrons. The number of rotatable bonds is 3. The summed E-state index contributed by atoms with van der Waals surface area (Å²) in [5, 5.41) is 3.25. The minimum Gasteiger partial charge on any atom is -0.382 e. The molecule has 0 bridgehead atoms. The number of hydrogen-bond donors (Lipinski definition) is 1. The molecule has 0 fully saturated rings. The summed E-state index contributed by atoms with van der Waals surface area (Å²) >= 11 is 10.4. The highest BCUT2D eigenvalue weighted by Crippen LogP contribution is 2.34. The van der Waals surface area contributed by atoms with Crippen LogP contribution in [0.5, 0.6) is 0 Å². The minimum atomic E-state index is 0.717. The third-order valence-electron chi connectivity index (χ3n) is 1.58. The van der Waals surface area contributed by atoms with Gasteiger partial charge in [-0.2, -0.15) is 0 Å². The molecule has 74 valence electrons. The summed E-state index contributed by atoms with van der Waals surface area (Å²) in [6.45, 7) is 0.773. The third-order valence-corrected chi connectivity index (χ3v) is 3.29. The number of hydrogen-bond acceptors (Lipinski definition) is 1. The van der Waals surface area contributed by atoms with Gasteiger partial charge in [0.15, 0.2) is 0 Å². The molecule has 0 aliphatic heterocycles.